The molecule has 0 atom stereocenters. The van der Waals surface area contributed by atoms with E-state index < -0.39 is 11.9 Å². The first kappa shape index (κ1) is 17.9. The Bertz CT molecular complexity index is 993. The summed E-state index contributed by atoms with van der Waals surface area (Å²) in [5, 5.41) is 6.19. The van der Waals surface area contributed by atoms with Crippen molar-refractivity contribution in [3.8, 4) is 11.3 Å². The Balaban J connectivity index is 1.77. The van der Waals surface area contributed by atoms with Crippen molar-refractivity contribution in [1.29, 1.82) is 0 Å². The van der Waals surface area contributed by atoms with Crippen molar-refractivity contribution in [2.45, 2.75) is 6.18 Å². The standard InChI is InChI=1S/C19H16F3N3OS/c20-19(21,22)17-12-16(15-6-5-13-3-1-2-4-14(13)11-15)23-25(17)18(27)24-7-9-26-10-8-24/h1-6,11-12H,7-10H2. The van der Waals surface area contributed by atoms with Gasteiger partial charge in [-0.2, -0.15) is 18.3 Å². The molecule has 1 aliphatic rings. The fourth-order valence-electron chi connectivity index (χ4n) is 3.11. The molecule has 2 heterocycles. The summed E-state index contributed by atoms with van der Waals surface area (Å²) in [4.78, 5) is 1.69. The largest absolute Gasteiger partial charge is 0.433 e. The van der Waals surface area contributed by atoms with Crippen molar-refractivity contribution in [3.05, 3.63) is 54.2 Å². The van der Waals surface area contributed by atoms with E-state index in [9.17, 15) is 13.2 Å². The van der Waals surface area contributed by atoms with Gasteiger partial charge in [0.05, 0.1) is 18.9 Å². The Kier molecular flexibility index (Phi) is 4.61. The van der Waals surface area contributed by atoms with Crippen molar-refractivity contribution in [3.63, 3.8) is 0 Å². The molecule has 0 N–H and O–H groups in total. The molecule has 0 saturated carbocycles. The van der Waals surface area contributed by atoms with Crippen LogP contribution in [0.25, 0.3) is 22.0 Å². The van der Waals surface area contributed by atoms with Crippen molar-refractivity contribution in [2.24, 2.45) is 0 Å². The van der Waals surface area contributed by atoms with Gasteiger partial charge in [0.2, 0.25) is 0 Å². The molecule has 8 heteroatoms. The molecule has 27 heavy (non-hydrogen) atoms. The van der Waals surface area contributed by atoms with E-state index in [-0.39, 0.29) is 10.8 Å². The van der Waals surface area contributed by atoms with E-state index in [0.717, 1.165) is 21.5 Å². The smallest absolute Gasteiger partial charge is 0.378 e. The van der Waals surface area contributed by atoms with Crippen LogP contribution in [0.5, 0.6) is 0 Å². The quantitative estimate of drug-likeness (QED) is 0.582. The summed E-state index contributed by atoms with van der Waals surface area (Å²) in [5.41, 5.74) is -0.0198. The van der Waals surface area contributed by atoms with Gasteiger partial charge in [-0.25, -0.2) is 4.68 Å². The molecule has 4 nitrogen and oxygen atoms in total. The maximum atomic E-state index is 13.6. The lowest BCUT2D eigenvalue weighted by molar-refractivity contribution is -0.142. The first-order valence-corrected chi connectivity index (χ1v) is 8.88. The summed E-state index contributed by atoms with van der Waals surface area (Å²) < 4.78 is 46.9. The number of thiocarbonyl (C=S) groups is 1. The molecule has 0 amide bonds. The summed E-state index contributed by atoms with van der Waals surface area (Å²) in [5.74, 6) is 0. The number of morpholine rings is 1. The molecular formula is C19H16F3N3OS. The average Bonchev–Trinajstić information content (AvgIpc) is 3.14. The fraction of sp³-hybridized carbons (Fsp3) is 0.263. The number of aromatic nitrogens is 2. The molecular weight excluding hydrogens is 375 g/mol. The van der Waals surface area contributed by atoms with Gasteiger partial charge in [-0.1, -0.05) is 36.4 Å². The average molecular weight is 391 g/mol. The molecule has 140 valence electrons. The second-order valence-corrected chi connectivity index (χ2v) is 6.63. The van der Waals surface area contributed by atoms with Gasteiger partial charge in [-0.3, -0.25) is 0 Å². The number of rotatable bonds is 1. The number of ether oxygens (including phenoxy) is 1. The van der Waals surface area contributed by atoms with Gasteiger partial charge >= 0.3 is 6.18 Å². The molecule has 4 rings (SSSR count). The Morgan fingerprint density at radius 1 is 1.00 bits per heavy atom. The van der Waals surface area contributed by atoms with Gasteiger partial charge < -0.3 is 9.64 Å². The monoisotopic (exact) mass is 391 g/mol. The van der Waals surface area contributed by atoms with Crippen LogP contribution in [-0.2, 0) is 10.9 Å². The summed E-state index contributed by atoms with van der Waals surface area (Å²) in [6.07, 6.45) is -4.56. The van der Waals surface area contributed by atoms with Crippen LogP contribution < -0.4 is 0 Å². The number of fused-ring (bicyclic) bond motifs is 1. The molecule has 2 aromatic carbocycles. The highest BCUT2D eigenvalue weighted by Crippen LogP contribution is 2.33. The van der Waals surface area contributed by atoms with Crippen LogP contribution in [0.4, 0.5) is 13.2 Å². The second kappa shape index (κ2) is 6.94. The van der Waals surface area contributed by atoms with Gasteiger partial charge in [0.25, 0.3) is 0 Å². The topological polar surface area (TPSA) is 30.3 Å². The molecule has 3 aromatic rings. The minimum Gasteiger partial charge on any atom is -0.378 e. The van der Waals surface area contributed by atoms with E-state index in [1.54, 1.807) is 11.0 Å². The first-order chi connectivity index (χ1) is 12.9. The third-order valence-corrected chi connectivity index (χ3v) is 4.94. The minimum absolute atomic E-state index is 0.0395. The van der Waals surface area contributed by atoms with E-state index in [2.05, 4.69) is 5.10 Å². The lowest BCUT2D eigenvalue weighted by Gasteiger charge is -2.29. The molecule has 0 bridgehead atoms. The van der Waals surface area contributed by atoms with Gasteiger partial charge in [-0.15, -0.1) is 0 Å². The zero-order valence-corrected chi connectivity index (χ0v) is 15.1. The van der Waals surface area contributed by atoms with E-state index in [1.165, 1.54) is 0 Å². The highest BCUT2D eigenvalue weighted by atomic mass is 32.1. The molecule has 1 fully saturated rings. The van der Waals surface area contributed by atoms with Crippen LogP contribution in [0.2, 0.25) is 0 Å². The van der Waals surface area contributed by atoms with Crippen molar-refractivity contribution < 1.29 is 17.9 Å². The Labute approximate surface area is 159 Å². The Morgan fingerprint density at radius 3 is 2.41 bits per heavy atom. The molecule has 0 spiro atoms. The number of nitrogens with zero attached hydrogens (tertiary/aromatic N) is 3. The van der Waals surface area contributed by atoms with Gasteiger partial charge in [0.15, 0.2) is 10.8 Å². The van der Waals surface area contributed by atoms with E-state index in [0.29, 0.717) is 31.9 Å². The lowest BCUT2D eigenvalue weighted by atomic mass is 10.1. The number of alkyl halides is 3. The molecule has 1 aromatic heterocycles. The van der Waals surface area contributed by atoms with Gasteiger partial charge in [-0.05, 0) is 35.1 Å². The predicted octanol–water partition coefficient (Wildman–Crippen LogP) is 4.19. The van der Waals surface area contributed by atoms with Gasteiger partial charge in [0.1, 0.15) is 0 Å². The molecule has 0 aliphatic carbocycles. The number of hydrogen-bond acceptors (Lipinski definition) is 3. The molecule has 1 aliphatic heterocycles. The number of halogens is 3. The number of benzene rings is 2. The molecule has 0 unspecified atom stereocenters. The third-order valence-electron chi connectivity index (χ3n) is 4.51. The van der Waals surface area contributed by atoms with Crippen molar-refractivity contribution in [1.82, 2.24) is 14.7 Å². The van der Waals surface area contributed by atoms with Crippen LogP contribution in [0.15, 0.2) is 48.5 Å². The lowest BCUT2D eigenvalue weighted by Crippen LogP contribution is -2.44. The highest BCUT2D eigenvalue weighted by molar-refractivity contribution is 7.80. The minimum atomic E-state index is -4.56. The highest BCUT2D eigenvalue weighted by Gasteiger charge is 2.38. The summed E-state index contributed by atoms with van der Waals surface area (Å²) >= 11 is 5.31. The Morgan fingerprint density at radius 2 is 1.70 bits per heavy atom. The maximum Gasteiger partial charge on any atom is 0.433 e. The predicted molar refractivity (Wildman–Crippen MR) is 101 cm³/mol. The fourth-order valence-corrected chi connectivity index (χ4v) is 3.43. The normalized spacial score (nSPS) is 15.3. The van der Waals surface area contributed by atoms with Crippen molar-refractivity contribution >= 4 is 28.1 Å². The maximum absolute atomic E-state index is 13.6. The van der Waals surface area contributed by atoms with Gasteiger partial charge in [0, 0.05) is 18.7 Å². The molecule has 0 radical (unpaired) electrons. The third kappa shape index (κ3) is 3.54. The van der Waals surface area contributed by atoms with E-state index in [1.807, 2.05) is 36.4 Å². The second-order valence-electron chi connectivity index (χ2n) is 6.27. The summed E-state index contributed by atoms with van der Waals surface area (Å²) in [7, 11) is 0. The molecule has 1 saturated heterocycles. The zero-order chi connectivity index (χ0) is 19.0. The van der Waals surface area contributed by atoms with E-state index >= 15 is 0 Å². The Hall–Kier alpha value is -2.45. The van der Waals surface area contributed by atoms with Crippen LogP contribution in [0, 0.1) is 0 Å². The first-order valence-electron chi connectivity index (χ1n) is 8.47. The van der Waals surface area contributed by atoms with Crippen molar-refractivity contribution in [2.75, 3.05) is 26.3 Å². The summed E-state index contributed by atoms with van der Waals surface area (Å²) in [6.45, 7) is 1.75. The van der Waals surface area contributed by atoms with Crippen LogP contribution in [0.1, 0.15) is 5.69 Å². The SMILES string of the molecule is FC(F)(F)c1cc(-c2ccc3ccccc3c2)nn1C(=S)N1CCOCC1. The van der Waals surface area contributed by atoms with E-state index in [4.69, 9.17) is 17.0 Å². The summed E-state index contributed by atoms with van der Waals surface area (Å²) in [6, 6.07) is 14.2. The van der Waals surface area contributed by atoms with Crippen LogP contribution in [-0.4, -0.2) is 46.1 Å². The van der Waals surface area contributed by atoms with Crippen LogP contribution >= 0.6 is 12.2 Å². The number of hydrogen-bond donors (Lipinski definition) is 0. The van der Waals surface area contributed by atoms with Crippen LogP contribution in [0.3, 0.4) is 0 Å². The zero-order valence-electron chi connectivity index (χ0n) is 14.2.